The zero-order chi connectivity index (χ0) is 16.4. The number of hydrogen-bond acceptors (Lipinski definition) is 5. The number of para-hydroxylation sites is 1. The maximum absolute atomic E-state index is 12.1. The molecular formula is C17H19N5OS. The number of rotatable bonds is 5. The highest BCUT2D eigenvalue weighted by atomic mass is 32.1. The molecule has 1 saturated carbocycles. The molecule has 1 aliphatic rings. The van der Waals surface area contributed by atoms with Crippen molar-refractivity contribution in [1.29, 1.82) is 0 Å². The Morgan fingerprint density at radius 1 is 1.29 bits per heavy atom. The smallest absolute Gasteiger partial charge is 0.241 e. The third-order valence-corrected chi connectivity index (χ3v) is 5.16. The number of aromatic nitrogens is 3. The highest BCUT2D eigenvalue weighted by Gasteiger charge is 2.17. The van der Waals surface area contributed by atoms with Gasteiger partial charge < -0.3 is 10.6 Å². The Morgan fingerprint density at radius 2 is 2.12 bits per heavy atom. The van der Waals surface area contributed by atoms with Gasteiger partial charge in [-0.15, -0.1) is 0 Å². The first-order valence-electron chi connectivity index (χ1n) is 8.21. The third kappa shape index (κ3) is 3.41. The number of fused-ring (bicyclic) bond motifs is 1. The molecule has 4 rings (SSSR count). The van der Waals surface area contributed by atoms with Crippen LogP contribution < -0.4 is 10.6 Å². The van der Waals surface area contributed by atoms with Crippen LogP contribution in [0.4, 0.5) is 10.8 Å². The number of nitrogens with one attached hydrogen (secondary N) is 2. The minimum atomic E-state index is 0.0246. The van der Waals surface area contributed by atoms with Crippen LogP contribution in [0.5, 0.6) is 0 Å². The average Bonchev–Trinajstić information content (AvgIpc) is 3.28. The minimum absolute atomic E-state index is 0.0246. The zero-order valence-corrected chi connectivity index (χ0v) is 14.1. The topological polar surface area (TPSA) is 71.8 Å². The molecule has 3 aromatic rings. The Labute approximate surface area is 143 Å². The molecule has 2 aromatic heterocycles. The fraction of sp³-hybridized carbons (Fsp3) is 0.353. The van der Waals surface area contributed by atoms with E-state index in [-0.39, 0.29) is 12.5 Å². The molecule has 2 heterocycles. The summed E-state index contributed by atoms with van der Waals surface area (Å²) < 4.78 is 2.79. The number of benzene rings is 1. The summed E-state index contributed by atoms with van der Waals surface area (Å²) in [5, 5.41) is 11.4. The van der Waals surface area contributed by atoms with Gasteiger partial charge in [0, 0.05) is 12.2 Å². The monoisotopic (exact) mass is 341 g/mol. The summed E-state index contributed by atoms with van der Waals surface area (Å²) >= 11 is 1.60. The number of carbonyl (C=O) groups excluding carboxylic acids is 1. The maximum Gasteiger partial charge on any atom is 0.241 e. The summed E-state index contributed by atoms with van der Waals surface area (Å²) in [6, 6.07) is 8.37. The van der Waals surface area contributed by atoms with Crippen molar-refractivity contribution in [3.05, 3.63) is 36.7 Å². The van der Waals surface area contributed by atoms with Gasteiger partial charge in [0.2, 0.25) is 5.91 Å². The van der Waals surface area contributed by atoms with Crippen molar-refractivity contribution in [2.24, 2.45) is 0 Å². The van der Waals surface area contributed by atoms with E-state index in [2.05, 4.69) is 26.8 Å². The van der Waals surface area contributed by atoms with Crippen molar-refractivity contribution >= 4 is 38.3 Å². The van der Waals surface area contributed by atoms with Crippen molar-refractivity contribution in [3.63, 3.8) is 0 Å². The van der Waals surface area contributed by atoms with E-state index >= 15 is 0 Å². The molecule has 0 saturated heterocycles. The predicted molar refractivity (Wildman–Crippen MR) is 95.5 cm³/mol. The first-order valence-corrected chi connectivity index (χ1v) is 9.02. The van der Waals surface area contributed by atoms with Crippen LogP contribution in [0.3, 0.4) is 0 Å². The van der Waals surface area contributed by atoms with Gasteiger partial charge >= 0.3 is 0 Å². The van der Waals surface area contributed by atoms with Gasteiger partial charge in [0.25, 0.3) is 0 Å². The Bertz CT molecular complexity index is 816. The predicted octanol–water partition coefficient (Wildman–Crippen LogP) is 3.30. The standard InChI is InChI=1S/C17H19N5OS/c23-16(19-12-5-1-2-6-12)11-22-10-13(9-18-22)20-17-21-14-7-3-4-8-15(14)24-17/h3-4,7-10,12H,1-2,5-6,11H2,(H,19,23)(H,20,21). The number of anilines is 2. The molecule has 0 radical (unpaired) electrons. The summed E-state index contributed by atoms with van der Waals surface area (Å²) in [6.07, 6.45) is 8.16. The summed E-state index contributed by atoms with van der Waals surface area (Å²) in [6.45, 7) is 0.248. The minimum Gasteiger partial charge on any atom is -0.352 e. The van der Waals surface area contributed by atoms with Crippen molar-refractivity contribution in [2.75, 3.05) is 5.32 Å². The normalized spacial score (nSPS) is 15.0. The van der Waals surface area contributed by atoms with Gasteiger partial charge in [-0.1, -0.05) is 36.3 Å². The molecule has 6 nitrogen and oxygen atoms in total. The van der Waals surface area contributed by atoms with Gasteiger partial charge in [0.1, 0.15) is 6.54 Å². The molecule has 1 fully saturated rings. The highest BCUT2D eigenvalue weighted by molar-refractivity contribution is 7.22. The number of nitrogens with zero attached hydrogens (tertiary/aromatic N) is 3. The van der Waals surface area contributed by atoms with Gasteiger partial charge in [0.15, 0.2) is 5.13 Å². The van der Waals surface area contributed by atoms with Crippen LogP contribution in [0.25, 0.3) is 10.2 Å². The lowest BCUT2D eigenvalue weighted by Crippen LogP contribution is -2.35. The van der Waals surface area contributed by atoms with E-state index in [1.165, 1.54) is 12.8 Å². The number of amides is 1. The molecule has 24 heavy (non-hydrogen) atoms. The van der Waals surface area contributed by atoms with Crippen molar-refractivity contribution in [2.45, 2.75) is 38.3 Å². The third-order valence-electron chi connectivity index (χ3n) is 4.20. The van der Waals surface area contributed by atoms with Crippen LogP contribution in [0.15, 0.2) is 36.7 Å². The fourth-order valence-electron chi connectivity index (χ4n) is 3.05. The van der Waals surface area contributed by atoms with Crippen molar-refractivity contribution < 1.29 is 4.79 Å². The van der Waals surface area contributed by atoms with E-state index in [4.69, 9.17) is 0 Å². The molecule has 1 aromatic carbocycles. The average molecular weight is 341 g/mol. The van der Waals surface area contributed by atoms with Crippen LogP contribution in [0, 0.1) is 0 Å². The van der Waals surface area contributed by atoms with Crippen LogP contribution in [0.2, 0.25) is 0 Å². The van der Waals surface area contributed by atoms with E-state index in [0.29, 0.717) is 6.04 Å². The van der Waals surface area contributed by atoms with Crippen LogP contribution in [-0.2, 0) is 11.3 Å². The Balaban J connectivity index is 1.38. The molecule has 0 unspecified atom stereocenters. The number of carbonyl (C=O) groups is 1. The van der Waals surface area contributed by atoms with Gasteiger partial charge in [-0.3, -0.25) is 9.48 Å². The molecule has 124 valence electrons. The lowest BCUT2D eigenvalue weighted by molar-refractivity contribution is -0.122. The fourth-order valence-corrected chi connectivity index (χ4v) is 3.94. The molecular weight excluding hydrogens is 322 g/mol. The Morgan fingerprint density at radius 3 is 2.96 bits per heavy atom. The Kier molecular flexibility index (Phi) is 4.17. The highest BCUT2D eigenvalue weighted by Crippen LogP contribution is 2.27. The van der Waals surface area contributed by atoms with E-state index in [0.717, 1.165) is 33.9 Å². The molecule has 1 aliphatic carbocycles. The number of thiazole rings is 1. The molecule has 0 aliphatic heterocycles. The van der Waals surface area contributed by atoms with Crippen LogP contribution in [-0.4, -0.2) is 26.7 Å². The summed E-state index contributed by atoms with van der Waals surface area (Å²) in [5.41, 5.74) is 1.82. The van der Waals surface area contributed by atoms with Crippen LogP contribution in [0.1, 0.15) is 25.7 Å². The molecule has 2 N–H and O–H groups in total. The van der Waals surface area contributed by atoms with Crippen molar-refractivity contribution in [1.82, 2.24) is 20.1 Å². The van der Waals surface area contributed by atoms with E-state index in [1.54, 1.807) is 22.2 Å². The quantitative estimate of drug-likeness (QED) is 0.747. The molecule has 0 atom stereocenters. The summed E-state index contributed by atoms with van der Waals surface area (Å²) in [4.78, 5) is 16.6. The van der Waals surface area contributed by atoms with Crippen LogP contribution >= 0.6 is 11.3 Å². The molecule has 1 amide bonds. The molecule has 0 spiro atoms. The molecule has 0 bridgehead atoms. The lowest BCUT2D eigenvalue weighted by atomic mass is 10.2. The van der Waals surface area contributed by atoms with Crippen molar-refractivity contribution in [3.8, 4) is 0 Å². The number of hydrogen-bond donors (Lipinski definition) is 2. The Hall–Kier alpha value is -2.41. The van der Waals surface area contributed by atoms with E-state index in [1.807, 2.05) is 24.4 Å². The zero-order valence-electron chi connectivity index (χ0n) is 13.2. The van der Waals surface area contributed by atoms with Gasteiger partial charge in [0.05, 0.1) is 22.1 Å². The maximum atomic E-state index is 12.1. The second-order valence-electron chi connectivity index (χ2n) is 6.09. The lowest BCUT2D eigenvalue weighted by Gasteiger charge is -2.11. The van der Waals surface area contributed by atoms with Gasteiger partial charge in [-0.2, -0.15) is 5.10 Å². The van der Waals surface area contributed by atoms with Gasteiger partial charge in [-0.05, 0) is 25.0 Å². The van der Waals surface area contributed by atoms with E-state index < -0.39 is 0 Å². The summed E-state index contributed by atoms with van der Waals surface area (Å²) in [5.74, 6) is 0.0246. The largest absolute Gasteiger partial charge is 0.352 e. The SMILES string of the molecule is O=C(Cn1cc(Nc2nc3ccccc3s2)cn1)NC1CCCC1. The van der Waals surface area contributed by atoms with E-state index in [9.17, 15) is 4.79 Å². The molecule has 7 heteroatoms. The second-order valence-corrected chi connectivity index (χ2v) is 7.12. The first kappa shape index (κ1) is 15.1. The summed E-state index contributed by atoms with van der Waals surface area (Å²) in [7, 11) is 0. The van der Waals surface area contributed by atoms with Gasteiger partial charge in [-0.25, -0.2) is 4.98 Å². The second kappa shape index (κ2) is 6.60. The first-order chi connectivity index (χ1) is 11.8.